The monoisotopic (exact) mass is 346 g/mol. The molecule has 0 aromatic heterocycles. The molecule has 12 heteroatoms. The first kappa shape index (κ1) is 23.4. The molecule has 2 unspecified atom stereocenters. The van der Waals surface area contributed by atoms with Crippen molar-refractivity contribution < 1.29 is 66.9 Å². The van der Waals surface area contributed by atoms with E-state index in [9.17, 15) is 19.2 Å². The Bertz CT molecular complexity index is 372. The maximum Gasteiger partial charge on any atom is 0.339 e. The zero-order chi connectivity index (χ0) is 15.8. The summed E-state index contributed by atoms with van der Waals surface area (Å²) in [6, 6.07) is 0. The second-order valence-corrected chi connectivity index (χ2v) is 3.14. The van der Waals surface area contributed by atoms with Crippen LogP contribution in [0.5, 0.6) is 0 Å². The van der Waals surface area contributed by atoms with Crippen LogP contribution in [-0.4, -0.2) is 72.8 Å². The van der Waals surface area contributed by atoms with Gasteiger partial charge in [-0.25, -0.2) is 9.59 Å². The van der Waals surface area contributed by atoms with Gasteiger partial charge in [-0.1, -0.05) is 0 Å². The summed E-state index contributed by atoms with van der Waals surface area (Å²) in [6.45, 7) is -0.278. The van der Waals surface area contributed by atoms with Crippen molar-refractivity contribution in [2.45, 2.75) is 18.1 Å². The number of hydrogen-bond donors (Lipinski definition) is 7. The SMILES string of the molecule is NCC(=O)O.O=C(O)CC(O)(C(=O)O)C(O)C(=O)O.[Cu]. The van der Waals surface area contributed by atoms with Crippen LogP contribution in [0.3, 0.4) is 0 Å². The molecule has 0 aliphatic carbocycles. The number of aliphatic hydroxyl groups excluding tert-OH is 1. The molecular weight excluding hydrogens is 334 g/mol. The first-order chi connectivity index (χ1) is 8.48. The van der Waals surface area contributed by atoms with E-state index in [1.165, 1.54) is 0 Å². The average molecular weight is 347 g/mol. The van der Waals surface area contributed by atoms with E-state index in [2.05, 4.69) is 5.73 Å². The van der Waals surface area contributed by atoms with Gasteiger partial charge in [0.25, 0.3) is 0 Å². The zero-order valence-corrected chi connectivity index (χ0v) is 10.6. The predicted molar refractivity (Wildman–Crippen MR) is 55.2 cm³/mol. The topological polar surface area (TPSA) is 216 Å². The molecule has 0 amide bonds. The molecule has 121 valence electrons. The van der Waals surface area contributed by atoms with Crippen molar-refractivity contribution >= 4 is 23.9 Å². The van der Waals surface area contributed by atoms with E-state index in [4.69, 9.17) is 30.6 Å². The zero-order valence-electron chi connectivity index (χ0n) is 9.69. The van der Waals surface area contributed by atoms with Crippen molar-refractivity contribution in [1.29, 1.82) is 0 Å². The van der Waals surface area contributed by atoms with Crippen LogP contribution < -0.4 is 5.73 Å². The number of carboxylic acid groups (broad SMARTS) is 4. The summed E-state index contributed by atoms with van der Waals surface area (Å²) in [6.07, 6.45) is -4.11. The molecule has 0 saturated heterocycles. The Hall–Kier alpha value is -1.72. The minimum Gasteiger partial charge on any atom is -0.481 e. The summed E-state index contributed by atoms with van der Waals surface area (Å²) >= 11 is 0. The van der Waals surface area contributed by atoms with Gasteiger partial charge in [0.2, 0.25) is 5.60 Å². The summed E-state index contributed by atoms with van der Waals surface area (Å²) in [5.41, 5.74) is 1.35. The molecule has 0 aliphatic heterocycles. The Morgan fingerprint density at radius 3 is 1.50 bits per heavy atom. The molecule has 20 heavy (non-hydrogen) atoms. The van der Waals surface area contributed by atoms with Crippen LogP contribution in [-0.2, 0) is 36.2 Å². The number of carbonyl (C=O) groups is 4. The number of aliphatic carboxylic acids is 4. The molecule has 0 spiro atoms. The van der Waals surface area contributed by atoms with Crippen LogP contribution in [0.4, 0.5) is 0 Å². The maximum atomic E-state index is 10.4. The Morgan fingerprint density at radius 2 is 1.35 bits per heavy atom. The molecule has 0 bridgehead atoms. The molecule has 1 radical (unpaired) electrons. The molecule has 0 fully saturated rings. The molecule has 0 aromatic rings. The number of aliphatic hydroxyl groups is 2. The fourth-order valence-corrected chi connectivity index (χ4v) is 0.724. The van der Waals surface area contributed by atoms with Crippen LogP contribution in [0, 0.1) is 0 Å². The Kier molecular flexibility index (Phi) is 11.8. The Morgan fingerprint density at radius 1 is 1.00 bits per heavy atom. The van der Waals surface area contributed by atoms with E-state index in [-0.39, 0.29) is 23.6 Å². The molecule has 8 N–H and O–H groups in total. The van der Waals surface area contributed by atoms with Crippen molar-refractivity contribution in [1.82, 2.24) is 0 Å². The average Bonchev–Trinajstić information content (AvgIpc) is 2.27. The van der Waals surface area contributed by atoms with E-state index >= 15 is 0 Å². The fraction of sp³-hybridized carbons (Fsp3) is 0.500. The molecule has 0 aliphatic rings. The summed E-state index contributed by atoms with van der Waals surface area (Å²) in [4.78, 5) is 39.9. The molecule has 0 rings (SSSR count). The van der Waals surface area contributed by atoms with Crippen LogP contribution in [0.2, 0.25) is 0 Å². The first-order valence-corrected chi connectivity index (χ1v) is 4.49. The third kappa shape index (κ3) is 8.39. The van der Waals surface area contributed by atoms with E-state index in [1.54, 1.807) is 0 Å². The van der Waals surface area contributed by atoms with Crippen molar-refractivity contribution in [2.24, 2.45) is 5.73 Å². The van der Waals surface area contributed by atoms with Gasteiger partial charge < -0.3 is 36.4 Å². The predicted octanol–water partition coefficient (Wildman–Crippen LogP) is -3.25. The van der Waals surface area contributed by atoms with Crippen LogP contribution in [0.15, 0.2) is 0 Å². The van der Waals surface area contributed by atoms with E-state index in [0.717, 1.165) is 0 Å². The van der Waals surface area contributed by atoms with E-state index < -0.39 is 42.0 Å². The van der Waals surface area contributed by atoms with Crippen LogP contribution >= 0.6 is 0 Å². The number of rotatable bonds is 6. The normalized spacial score (nSPS) is 13.6. The quantitative estimate of drug-likeness (QED) is 0.237. The van der Waals surface area contributed by atoms with Gasteiger partial charge in [0.05, 0.1) is 13.0 Å². The smallest absolute Gasteiger partial charge is 0.339 e. The van der Waals surface area contributed by atoms with Gasteiger partial charge in [-0.2, -0.15) is 0 Å². The summed E-state index contributed by atoms with van der Waals surface area (Å²) in [5, 5.41) is 50.2. The summed E-state index contributed by atoms with van der Waals surface area (Å²) in [7, 11) is 0. The molecule has 0 saturated carbocycles. The van der Waals surface area contributed by atoms with Crippen LogP contribution in [0.1, 0.15) is 6.42 Å². The van der Waals surface area contributed by atoms with Crippen molar-refractivity contribution in [3.8, 4) is 0 Å². The molecule has 0 heterocycles. The second kappa shape index (κ2) is 10.1. The van der Waals surface area contributed by atoms with Gasteiger partial charge in [0.15, 0.2) is 6.10 Å². The van der Waals surface area contributed by atoms with Gasteiger partial charge >= 0.3 is 23.9 Å². The second-order valence-electron chi connectivity index (χ2n) is 3.14. The minimum absolute atomic E-state index is 0. The minimum atomic E-state index is -3.22. The maximum absolute atomic E-state index is 10.4. The third-order valence-corrected chi connectivity index (χ3v) is 1.65. The van der Waals surface area contributed by atoms with Gasteiger partial charge in [-0.05, 0) is 0 Å². The summed E-state index contributed by atoms with van der Waals surface area (Å²) < 4.78 is 0. The molecule has 2 atom stereocenters. The number of carboxylic acids is 4. The van der Waals surface area contributed by atoms with Crippen molar-refractivity contribution in [2.75, 3.05) is 6.54 Å². The van der Waals surface area contributed by atoms with E-state index in [1.807, 2.05) is 0 Å². The molecule has 11 nitrogen and oxygen atoms in total. The van der Waals surface area contributed by atoms with Gasteiger partial charge in [0, 0.05) is 17.1 Å². The molecular formula is C8H13CuNO10. The van der Waals surface area contributed by atoms with Crippen LogP contribution in [0.25, 0.3) is 0 Å². The van der Waals surface area contributed by atoms with Gasteiger partial charge in [0.1, 0.15) is 0 Å². The van der Waals surface area contributed by atoms with Gasteiger partial charge in [-0.15, -0.1) is 0 Å². The van der Waals surface area contributed by atoms with E-state index in [0.29, 0.717) is 0 Å². The third-order valence-electron chi connectivity index (χ3n) is 1.65. The van der Waals surface area contributed by atoms with Crippen molar-refractivity contribution in [3.63, 3.8) is 0 Å². The largest absolute Gasteiger partial charge is 0.481 e. The Labute approximate surface area is 122 Å². The number of nitrogens with two attached hydrogens (primary N) is 1. The Balaban J connectivity index is -0.000000414. The summed E-state index contributed by atoms with van der Waals surface area (Å²) in [5.74, 6) is -6.84. The first-order valence-electron chi connectivity index (χ1n) is 4.49. The molecule has 0 aromatic carbocycles. The standard InChI is InChI=1S/C6H8O8.C2H5NO2.Cu/c7-2(8)1-6(14,5(12)13)3(9)4(10)11;3-1-2(4)5;/h3,9,14H,1H2,(H,7,8)(H,10,11)(H,12,13);1,3H2,(H,4,5);. The number of hydrogen-bond acceptors (Lipinski definition) is 7. The van der Waals surface area contributed by atoms with Crippen molar-refractivity contribution in [3.05, 3.63) is 0 Å². The van der Waals surface area contributed by atoms with Gasteiger partial charge in [-0.3, -0.25) is 9.59 Å². The fourth-order valence-electron chi connectivity index (χ4n) is 0.724.